The van der Waals surface area contributed by atoms with Crippen LogP contribution in [0.2, 0.25) is 0 Å². The van der Waals surface area contributed by atoms with E-state index in [1.165, 1.54) is 12.7 Å². The molecule has 0 saturated carbocycles. The number of carbonyl (C=O) groups is 1. The maximum atomic E-state index is 12.9. The monoisotopic (exact) mass is 430 g/mol. The molecule has 1 N–H and O–H groups in total. The molecule has 162 valence electrons. The first-order valence-electron chi connectivity index (χ1n) is 10.3. The lowest BCUT2D eigenvalue weighted by molar-refractivity contribution is -0.133. The Morgan fingerprint density at radius 3 is 2.47 bits per heavy atom. The molecule has 0 bridgehead atoms. The number of benzene rings is 2. The van der Waals surface area contributed by atoms with Crippen LogP contribution in [-0.4, -0.2) is 45.5 Å². The Morgan fingerprint density at radius 2 is 1.83 bits per heavy atom. The molecule has 7 heteroatoms. The largest absolute Gasteiger partial charge is 0.495 e. The second-order valence-electron chi connectivity index (χ2n) is 7.96. The zero-order valence-electron chi connectivity index (χ0n) is 17.8. The number of ether oxygens (including phenoxy) is 1. The Balaban J connectivity index is 1.59. The van der Waals surface area contributed by atoms with Crippen LogP contribution >= 0.6 is 0 Å². The van der Waals surface area contributed by atoms with Crippen molar-refractivity contribution in [3.8, 4) is 5.75 Å². The molecular weight excluding hydrogens is 400 g/mol. The molecule has 1 aliphatic rings. The van der Waals surface area contributed by atoms with Gasteiger partial charge in [-0.1, -0.05) is 36.4 Å². The maximum absolute atomic E-state index is 12.9. The normalized spacial score (nSPS) is 16.3. The number of nitrogens with zero attached hydrogens (tertiary/aromatic N) is 1. The van der Waals surface area contributed by atoms with Gasteiger partial charge in [-0.15, -0.1) is 0 Å². The molecule has 1 fully saturated rings. The number of amides is 1. The van der Waals surface area contributed by atoms with E-state index in [1.54, 1.807) is 30.0 Å². The number of methoxy groups -OCH3 is 1. The minimum atomic E-state index is -3.88. The van der Waals surface area contributed by atoms with Gasteiger partial charge >= 0.3 is 0 Å². The van der Waals surface area contributed by atoms with Crippen molar-refractivity contribution in [1.82, 2.24) is 9.62 Å². The van der Waals surface area contributed by atoms with E-state index in [1.807, 2.05) is 25.1 Å². The van der Waals surface area contributed by atoms with Crippen LogP contribution in [0.25, 0.3) is 0 Å². The molecule has 6 nitrogen and oxygen atoms in total. The Bertz CT molecular complexity index is 968. The van der Waals surface area contributed by atoms with E-state index >= 15 is 0 Å². The highest BCUT2D eigenvalue weighted by Gasteiger charge is 2.30. The number of hydrogen-bond acceptors (Lipinski definition) is 4. The van der Waals surface area contributed by atoms with E-state index in [4.69, 9.17) is 4.74 Å². The predicted molar refractivity (Wildman–Crippen MR) is 117 cm³/mol. The predicted octanol–water partition coefficient (Wildman–Crippen LogP) is 3.15. The number of sulfonamides is 1. The van der Waals surface area contributed by atoms with Gasteiger partial charge in [0, 0.05) is 13.1 Å². The van der Waals surface area contributed by atoms with Crippen LogP contribution in [0.5, 0.6) is 5.75 Å². The number of nitrogens with one attached hydrogen (secondary N) is 1. The van der Waals surface area contributed by atoms with Crippen molar-refractivity contribution in [3.05, 3.63) is 59.7 Å². The van der Waals surface area contributed by atoms with Gasteiger partial charge in [0.05, 0.1) is 13.2 Å². The first-order valence-corrected chi connectivity index (χ1v) is 11.8. The summed E-state index contributed by atoms with van der Waals surface area (Å²) in [5.41, 5.74) is 2.12. The van der Waals surface area contributed by atoms with Gasteiger partial charge in [0.25, 0.3) is 0 Å². The number of rotatable bonds is 7. The van der Waals surface area contributed by atoms with E-state index in [0.717, 1.165) is 24.8 Å². The van der Waals surface area contributed by atoms with E-state index in [9.17, 15) is 13.2 Å². The smallest absolute Gasteiger partial charge is 0.244 e. The lowest BCUT2D eigenvalue weighted by Crippen LogP contribution is -2.49. The minimum Gasteiger partial charge on any atom is -0.495 e. The molecule has 0 aromatic heterocycles. The fourth-order valence-corrected chi connectivity index (χ4v) is 5.37. The molecule has 0 spiro atoms. The van der Waals surface area contributed by atoms with Crippen LogP contribution in [0.3, 0.4) is 0 Å². The number of likely N-dealkylation sites (tertiary alicyclic amines) is 1. The van der Waals surface area contributed by atoms with Crippen LogP contribution in [-0.2, 0) is 21.2 Å². The van der Waals surface area contributed by atoms with Crippen LogP contribution in [0.15, 0.2) is 53.4 Å². The van der Waals surface area contributed by atoms with Crippen LogP contribution in [0.1, 0.15) is 30.9 Å². The van der Waals surface area contributed by atoms with Crippen molar-refractivity contribution in [2.45, 2.75) is 44.0 Å². The maximum Gasteiger partial charge on any atom is 0.244 e. The first-order chi connectivity index (χ1) is 14.3. The van der Waals surface area contributed by atoms with E-state index in [2.05, 4.69) is 16.9 Å². The zero-order chi connectivity index (χ0) is 21.7. The summed E-state index contributed by atoms with van der Waals surface area (Å²) in [5, 5.41) is 0. The molecule has 2 aromatic rings. The second-order valence-corrected chi connectivity index (χ2v) is 9.64. The van der Waals surface area contributed by atoms with Gasteiger partial charge in [0.15, 0.2) is 0 Å². The lowest BCUT2D eigenvalue weighted by Gasteiger charge is -2.33. The molecule has 3 rings (SSSR count). The fourth-order valence-electron chi connectivity index (χ4n) is 3.92. The highest BCUT2D eigenvalue weighted by molar-refractivity contribution is 7.89. The third-order valence-corrected chi connectivity index (χ3v) is 7.17. The van der Waals surface area contributed by atoms with Crippen molar-refractivity contribution in [2.24, 2.45) is 5.92 Å². The van der Waals surface area contributed by atoms with Gasteiger partial charge in [-0.2, -0.15) is 4.72 Å². The second kappa shape index (κ2) is 9.62. The molecule has 0 unspecified atom stereocenters. The summed E-state index contributed by atoms with van der Waals surface area (Å²) >= 11 is 0. The number of carbonyl (C=O) groups excluding carboxylic acids is 1. The van der Waals surface area contributed by atoms with Gasteiger partial charge in [0.2, 0.25) is 15.9 Å². The van der Waals surface area contributed by atoms with Crippen LogP contribution in [0, 0.1) is 12.8 Å². The van der Waals surface area contributed by atoms with Gasteiger partial charge < -0.3 is 9.64 Å². The van der Waals surface area contributed by atoms with Gasteiger partial charge in [-0.3, -0.25) is 4.79 Å². The Morgan fingerprint density at radius 1 is 1.17 bits per heavy atom. The van der Waals surface area contributed by atoms with E-state index in [0.29, 0.717) is 19.0 Å². The van der Waals surface area contributed by atoms with Gasteiger partial charge in [0.1, 0.15) is 10.6 Å². The first kappa shape index (κ1) is 22.3. The Hall–Kier alpha value is -2.38. The van der Waals surface area contributed by atoms with E-state index in [-0.39, 0.29) is 16.6 Å². The molecule has 1 saturated heterocycles. The van der Waals surface area contributed by atoms with Crippen molar-refractivity contribution >= 4 is 15.9 Å². The summed E-state index contributed by atoms with van der Waals surface area (Å²) < 4.78 is 33.4. The third kappa shape index (κ3) is 5.40. The molecule has 0 radical (unpaired) electrons. The minimum absolute atomic E-state index is 0.0474. The summed E-state index contributed by atoms with van der Waals surface area (Å²) in [6, 6.07) is 14.5. The SMILES string of the molecule is COc1ccc(C)cc1S(=O)(=O)N[C@@H](C)C(=O)N1CCC(Cc2ccccc2)CC1. The molecule has 30 heavy (non-hydrogen) atoms. The highest BCUT2D eigenvalue weighted by Crippen LogP contribution is 2.25. The highest BCUT2D eigenvalue weighted by atomic mass is 32.2. The number of hydrogen-bond donors (Lipinski definition) is 1. The summed E-state index contributed by atoms with van der Waals surface area (Å²) in [5.74, 6) is 0.609. The van der Waals surface area contributed by atoms with Crippen LogP contribution in [0.4, 0.5) is 0 Å². The number of piperidine rings is 1. The molecule has 1 aliphatic heterocycles. The van der Waals surface area contributed by atoms with Crippen molar-refractivity contribution in [1.29, 1.82) is 0 Å². The van der Waals surface area contributed by atoms with E-state index < -0.39 is 16.1 Å². The standard InChI is InChI=1S/C23H30N2O4S/c1-17-9-10-21(29-3)22(15-17)30(27,28)24-18(2)23(26)25-13-11-20(12-14-25)16-19-7-5-4-6-8-19/h4-10,15,18,20,24H,11-14,16H2,1-3H3/t18-/m0/s1. The summed E-state index contributed by atoms with van der Waals surface area (Å²) in [6.45, 7) is 4.71. The average Bonchev–Trinajstić information content (AvgIpc) is 2.74. The topological polar surface area (TPSA) is 75.7 Å². The molecule has 1 atom stereocenters. The summed E-state index contributed by atoms with van der Waals surface area (Å²) in [4.78, 5) is 14.7. The Kier molecular flexibility index (Phi) is 7.15. The third-order valence-electron chi connectivity index (χ3n) is 5.60. The van der Waals surface area contributed by atoms with Crippen molar-refractivity contribution < 1.29 is 17.9 Å². The number of aryl methyl sites for hydroxylation is 1. The average molecular weight is 431 g/mol. The zero-order valence-corrected chi connectivity index (χ0v) is 18.6. The molecule has 1 amide bonds. The molecule has 1 heterocycles. The lowest BCUT2D eigenvalue weighted by atomic mass is 9.90. The quantitative estimate of drug-likeness (QED) is 0.732. The summed E-state index contributed by atoms with van der Waals surface area (Å²) in [7, 11) is -2.45. The van der Waals surface area contributed by atoms with Crippen LogP contribution < -0.4 is 9.46 Å². The molecule has 0 aliphatic carbocycles. The fraction of sp³-hybridized carbons (Fsp3) is 0.435. The molecule has 2 aromatic carbocycles. The van der Waals surface area contributed by atoms with Crippen molar-refractivity contribution in [3.63, 3.8) is 0 Å². The van der Waals surface area contributed by atoms with Gasteiger partial charge in [-0.25, -0.2) is 8.42 Å². The molecular formula is C23H30N2O4S. The summed E-state index contributed by atoms with van der Waals surface area (Å²) in [6.07, 6.45) is 2.86. The van der Waals surface area contributed by atoms with Gasteiger partial charge in [-0.05, 0) is 62.3 Å². The van der Waals surface area contributed by atoms with Crippen molar-refractivity contribution in [2.75, 3.05) is 20.2 Å². The Labute approximate surface area is 179 Å².